The summed E-state index contributed by atoms with van der Waals surface area (Å²) in [4.78, 5) is 31.9. The van der Waals surface area contributed by atoms with E-state index in [0.29, 0.717) is 22.5 Å². The number of nitrogens with zero attached hydrogens (tertiary/aromatic N) is 6. The first kappa shape index (κ1) is 24.2. The molecule has 0 spiro atoms. The van der Waals surface area contributed by atoms with Crippen molar-refractivity contribution in [3.05, 3.63) is 76.3 Å². The minimum Gasteiger partial charge on any atom is -0.481 e. The summed E-state index contributed by atoms with van der Waals surface area (Å²) >= 11 is 12.5. The summed E-state index contributed by atoms with van der Waals surface area (Å²) in [6.45, 7) is 2.32. The van der Waals surface area contributed by atoms with Gasteiger partial charge in [0.1, 0.15) is 11.3 Å². The molecule has 0 N–H and O–H groups in total. The van der Waals surface area contributed by atoms with Gasteiger partial charge >= 0.3 is 0 Å². The molecule has 2 aliphatic rings. The van der Waals surface area contributed by atoms with Gasteiger partial charge in [-0.3, -0.25) is 14.7 Å². The number of hydrogen-bond acceptors (Lipinski definition) is 6. The van der Waals surface area contributed by atoms with E-state index >= 15 is 0 Å². The van der Waals surface area contributed by atoms with Crippen LogP contribution in [0.1, 0.15) is 35.4 Å². The maximum Gasteiger partial charge on any atom is 0.274 e. The normalized spacial score (nSPS) is 19.8. The Morgan fingerprint density at radius 3 is 2.73 bits per heavy atom. The third-order valence-corrected chi connectivity index (χ3v) is 7.83. The molecule has 10 heteroatoms. The molecule has 2 fully saturated rings. The lowest BCUT2D eigenvalue weighted by atomic mass is 10.1. The first-order valence-electron chi connectivity index (χ1n) is 12.4. The van der Waals surface area contributed by atoms with Crippen LogP contribution in [0.3, 0.4) is 0 Å². The standard InChI is InChI=1S/C27H26Cl2N6O2/c1-37-24-10-8-20(29)25(32-24)27(36)35-18-6-7-19(35)15-33(13-11-18)16-22-26(21-9-5-17(28)14-30-21)31-23-4-2-3-12-34(22)23/h2-5,8-10,12,14,18-19H,6-7,11,13,15-16H2,1H3. The molecule has 2 saturated heterocycles. The zero-order valence-electron chi connectivity index (χ0n) is 20.3. The van der Waals surface area contributed by atoms with Gasteiger partial charge in [0.15, 0.2) is 5.69 Å². The van der Waals surface area contributed by atoms with Crippen molar-refractivity contribution >= 4 is 34.8 Å². The summed E-state index contributed by atoms with van der Waals surface area (Å²) in [5, 5.41) is 0.935. The molecule has 37 heavy (non-hydrogen) atoms. The second-order valence-corrected chi connectivity index (χ2v) is 10.3. The zero-order chi connectivity index (χ0) is 25.5. The van der Waals surface area contributed by atoms with Crippen molar-refractivity contribution in [2.75, 3.05) is 20.2 Å². The Kier molecular flexibility index (Phi) is 6.48. The predicted molar refractivity (Wildman–Crippen MR) is 142 cm³/mol. The molecular weight excluding hydrogens is 511 g/mol. The molecule has 0 radical (unpaired) electrons. The quantitative estimate of drug-likeness (QED) is 0.357. The second kappa shape index (κ2) is 9.93. The Balaban J connectivity index is 1.29. The van der Waals surface area contributed by atoms with Crippen molar-refractivity contribution in [1.29, 1.82) is 0 Å². The highest BCUT2D eigenvalue weighted by atomic mass is 35.5. The van der Waals surface area contributed by atoms with Crippen LogP contribution in [0.4, 0.5) is 0 Å². The molecule has 6 rings (SSSR count). The van der Waals surface area contributed by atoms with E-state index in [-0.39, 0.29) is 23.7 Å². The predicted octanol–water partition coefficient (Wildman–Crippen LogP) is 4.99. The van der Waals surface area contributed by atoms with Crippen molar-refractivity contribution in [2.24, 2.45) is 0 Å². The number of imidazole rings is 1. The fraction of sp³-hybridized carbons (Fsp3) is 0.333. The highest BCUT2D eigenvalue weighted by Gasteiger charge is 2.41. The smallest absolute Gasteiger partial charge is 0.274 e. The molecule has 0 aromatic carbocycles. The number of hydrogen-bond donors (Lipinski definition) is 0. The molecular formula is C27H26Cl2N6O2. The van der Waals surface area contributed by atoms with Crippen molar-refractivity contribution in [3.63, 3.8) is 0 Å². The molecule has 4 aromatic rings. The lowest BCUT2D eigenvalue weighted by Crippen LogP contribution is -2.43. The van der Waals surface area contributed by atoms with Crippen LogP contribution in [0.2, 0.25) is 10.0 Å². The number of amides is 1. The van der Waals surface area contributed by atoms with Gasteiger partial charge in [-0.05, 0) is 49.6 Å². The van der Waals surface area contributed by atoms with Crippen molar-refractivity contribution in [3.8, 4) is 17.3 Å². The average molecular weight is 537 g/mol. The minimum atomic E-state index is -0.126. The third-order valence-electron chi connectivity index (χ3n) is 7.31. The van der Waals surface area contributed by atoms with Gasteiger partial charge in [-0.1, -0.05) is 29.3 Å². The number of carbonyl (C=O) groups is 1. The summed E-state index contributed by atoms with van der Waals surface area (Å²) in [6, 6.07) is 13.3. The topological polar surface area (TPSA) is 75.9 Å². The van der Waals surface area contributed by atoms with Gasteiger partial charge in [0.05, 0.1) is 28.5 Å². The number of likely N-dealkylation sites (tertiary alicyclic amines) is 1. The maximum absolute atomic E-state index is 13.6. The Labute approximate surface area is 224 Å². The van der Waals surface area contributed by atoms with Crippen LogP contribution in [0.25, 0.3) is 17.0 Å². The fourth-order valence-electron chi connectivity index (χ4n) is 5.56. The molecule has 190 valence electrons. The van der Waals surface area contributed by atoms with Crippen LogP contribution < -0.4 is 4.74 Å². The molecule has 1 amide bonds. The summed E-state index contributed by atoms with van der Waals surface area (Å²) < 4.78 is 7.36. The van der Waals surface area contributed by atoms with E-state index in [9.17, 15) is 4.79 Å². The monoisotopic (exact) mass is 536 g/mol. The van der Waals surface area contributed by atoms with Gasteiger partial charge in [-0.15, -0.1) is 0 Å². The average Bonchev–Trinajstić information content (AvgIpc) is 3.42. The second-order valence-electron chi connectivity index (χ2n) is 9.50. The Morgan fingerprint density at radius 1 is 1.05 bits per heavy atom. The van der Waals surface area contributed by atoms with Gasteiger partial charge in [0.2, 0.25) is 5.88 Å². The van der Waals surface area contributed by atoms with Gasteiger partial charge in [-0.2, -0.15) is 0 Å². The van der Waals surface area contributed by atoms with Crippen LogP contribution in [-0.2, 0) is 6.54 Å². The number of aromatic nitrogens is 4. The van der Waals surface area contributed by atoms with Gasteiger partial charge in [0, 0.05) is 50.2 Å². The Hall–Kier alpha value is -3.20. The van der Waals surface area contributed by atoms with E-state index in [0.717, 1.165) is 55.1 Å². The lowest BCUT2D eigenvalue weighted by molar-refractivity contribution is 0.0663. The van der Waals surface area contributed by atoms with Crippen molar-refractivity contribution in [2.45, 2.75) is 37.9 Å². The Bertz CT molecular complexity index is 1460. The summed E-state index contributed by atoms with van der Waals surface area (Å²) in [7, 11) is 1.53. The third kappa shape index (κ3) is 4.54. The van der Waals surface area contributed by atoms with Crippen LogP contribution in [0.15, 0.2) is 54.9 Å². The molecule has 0 saturated carbocycles. The van der Waals surface area contributed by atoms with E-state index in [4.69, 9.17) is 32.9 Å². The first-order valence-corrected chi connectivity index (χ1v) is 13.1. The molecule has 2 unspecified atom stereocenters. The highest BCUT2D eigenvalue weighted by molar-refractivity contribution is 6.33. The van der Waals surface area contributed by atoms with Crippen LogP contribution in [0.5, 0.6) is 5.88 Å². The molecule has 0 aliphatic carbocycles. The number of pyridine rings is 3. The summed E-state index contributed by atoms with van der Waals surface area (Å²) in [5.74, 6) is 0.256. The molecule has 4 aromatic heterocycles. The van der Waals surface area contributed by atoms with E-state index < -0.39 is 0 Å². The van der Waals surface area contributed by atoms with Crippen LogP contribution >= 0.6 is 23.2 Å². The molecule has 8 nitrogen and oxygen atoms in total. The minimum absolute atomic E-state index is 0.0837. The van der Waals surface area contributed by atoms with Crippen LogP contribution in [-0.4, -0.2) is 67.3 Å². The first-order chi connectivity index (χ1) is 18.0. The number of halogens is 2. The SMILES string of the molecule is COc1ccc(Cl)c(C(=O)N2C3CCC2CN(Cc2c(-c4ccc(Cl)cn4)nc4ccccn24)CC3)n1. The van der Waals surface area contributed by atoms with Crippen molar-refractivity contribution in [1.82, 2.24) is 29.2 Å². The van der Waals surface area contributed by atoms with Crippen molar-refractivity contribution < 1.29 is 9.53 Å². The number of methoxy groups -OCH3 is 1. The highest BCUT2D eigenvalue weighted by Crippen LogP contribution is 2.34. The zero-order valence-corrected chi connectivity index (χ0v) is 21.9. The van der Waals surface area contributed by atoms with Crippen LogP contribution in [0, 0.1) is 0 Å². The number of fused-ring (bicyclic) bond motifs is 3. The molecule has 2 atom stereocenters. The molecule has 2 bridgehead atoms. The van der Waals surface area contributed by atoms with E-state index in [1.807, 2.05) is 41.4 Å². The fourth-order valence-corrected chi connectivity index (χ4v) is 5.86. The number of ether oxygens (including phenoxy) is 1. The number of rotatable bonds is 5. The van der Waals surface area contributed by atoms with Gasteiger partial charge < -0.3 is 14.0 Å². The Morgan fingerprint density at radius 2 is 1.92 bits per heavy atom. The van der Waals surface area contributed by atoms with E-state index in [1.165, 1.54) is 7.11 Å². The molecule has 6 heterocycles. The van der Waals surface area contributed by atoms with E-state index in [2.05, 4.69) is 19.3 Å². The largest absolute Gasteiger partial charge is 0.481 e. The van der Waals surface area contributed by atoms with Gasteiger partial charge in [-0.25, -0.2) is 9.97 Å². The lowest BCUT2D eigenvalue weighted by Gasteiger charge is -2.29. The summed E-state index contributed by atoms with van der Waals surface area (Å²) in [6.07, 6.45) is 6.51. The summed E-state index contributed by atoms with van der Waals surface area (Å²) in [5.41, 5.74) is 3.83. The number of carbonyl (C=O) groups excluding carboxylic acids is 1. The van der Waals surface area contributed by atoms with E-state index in [1.54, 1.807) is 18.3 Å². The maximum atomic E-state index is 13.6. The van der Waals surface area contributed by atoms with Gasteiger partial charge in [0.25, 0.3) is 5.91 Å². The molecule has 2 aliphatic heterocycles.